The second-order valence-electron chi connectivity index (χ2n) is 4.67. The Kier molecular flexibility index (Phi) is 8.65. The Labute approximate surface area is 106 Å². The quantitative estimate of drug-likeness (QED) is 0.599. The van der Waals surface area contributed by atoms with Gasteiger partial charge in [-0.1, -0.05) is 32.6 Å². The van der Waals surface area contributed by atoms with E-state index in [0.717, 1.165) is 13.1 Å². The number of aryl methyl sites for hydroxylation is 1. The number of nitrogens with one attached hydrogen (secondary N) is 1. The smallest absolute Gasteiger partial charge is 0.0945 e. The summed E-state index contributed by atoms with van der Waals surface area (Å²) in [7, 11) is 0. The average molecular weight is 237 g/mol. The molecule has 1 N–H and O–H groups in total. The first-order chi connectivity index (χ1) is 8.43. The van der Waals surface area contributed by atoms with E-state index in [9.17, 15) is 0 Å². The van der Waals surface area contributed by atoms with E-state index in [-0.39, 0.29) is 0 Å². The maximum Gasteiger partial charge on any atom is 0.0945 e. The van der Waals surface area contributed by atoms with E-state index in [0.29, 0.717) is 0 Å². The Morgan fingerprint density at radius 1 is 1.00 bits per heavy atom. The Morgan fingerprint density at radius 3 is 2.47 bits per heavy atom. The fraction of sp³-hybridized carbons (Fsp3) is 0.786. The van der Waals surface area contributed by atoms with Crippen molar-refractivity contribution in [2.45, 2.75) is 58.4 Å². The number of nitrogens with zero attached hydrogens (tertiary/aromatic N) is 2. The molecular formula is C14H27N3. The Bertz CT molecular complexity index is 244. The molecule has 0 radical (unpaired) electrons. The van der Waals surface area contributed by atoms with Gasteiger partial charge in [0.15, 0.2) is 0 Å². The number of unbranched alkanes of at least 4 members (excludes halogenated alkanes) is 5. The molecule has 0 fully saturated rings. The topological polar surface area (TPSA) is 29.9 Å². The van der Waals surface area contributed by atoms with Gasteiger partial charge >= 0.3 is 0 Å². The lowest BCUT2D eigenvalue weighted by molar-refractivity contribution is 0.544. The van der Waals surface area contributed by atoms with Crippen molar-refractivity contribution in [3.63, 3.8) is 0 Å². The molecule has 0 spiro atoms. The summed E-state index contributed by atoms with van der Waals surface area (Å²) < 4.78 is 2.14. The monoisotopic (exact) mass is 237 g/mol. The van der Waals surface area contributed by atoms with E-state index in [1.807, 2.05) is 18.7 Å². The largest absolute Gasteiger partial charge is 0.337 e. The predicted octanol–water partition coefficient (Wildman–Crippen LogP) is 3.22. The molecule has 1 aromatic rings. The Morgan fingerprint density at radius 2 is 1.76 bits per heavy atom. The summed E-state index contributed by atoms with van der Waals surface area (Å²) in [5.41, 5.74) is 0. The molecule has 17 heavy (non-hydrogen) atoms. The van der Waals surface area contributed by atoms with Crippen LogP contribution in [0.5, 0.6) is 0 Å². The van der Waals surface area contributed by atoms with E-state index < -0.39 is 0 Å². The number of imidazole rings is 1. The molecule has 0 saturated heterocycles. The van der Waals surface area contributed by atoms with Crippen molar-refractivity contribution in [2.75, 3.05) is 13.1 Å². The van der Waals surface area contributed by atoms with E-state index >= 15 is 0 Å². The number of hydrogen-bond acceptors (Lipinski definition) is 2. The summed E-state index contributed by atoms with van der Waals surface area (Å²) in [6.45, 7) is 5.70. The van der Waals surface area contributed by atoms with Gasteiger partial charge in [-0.05, 0) is 32.4 Å². The molecule has 1 rings (SSSR count). The molecule has 3 heteroatoms. The highest BCUT2D eigenvalue weighted by atomic mass is 15.0. The molecule has 0 unspecified atom stereocenters. The lowest BCUT2D eigenvalue weighted by Gasteiger charge is -2.05. The van der Waals surface area contributed by atoms with Crippen molar-refractivity contribution < 1.29 is 0 Å². The van der Waals surface area contributed by atoms with Crippen LogP contribution in [0.2, 0.25) is 0 Å². The summed E-state index contributed by atoms with van der Waals surface area (Å²) in [6, 6.07) is 0. The van der Waals surface area contributed by atoms with Crippen LogP contribution < -0.4 is 5.32 Å². The minimum atomic E-state index is 1.10. The molecule has 0 aromatic carbocycles. The van der Waals surface area contributed by atoms with E-state index in [4.69, 9.17) is 0 Å². The van der Waals surface area contributed by atoms with Gasteiger partial charge in [0.25, 0.3) is 0 Å². The van der Waals surface area contributed by atoms with Crippen LogP contribution in [0.1, 0.15) is 51.9 Å². The van der Waals surface area contributed by atoms with Gasteiger partial charge in [-0.2, -0.15) is 0 Å². The maximum atomic E-state index is 4.03. The van der Waals surface area contributed by atoms with Gasteiger partial charge in [-0.25, -0.2) is 4.98 Å². The standard InChI is InChI=1S/C14H27N3/c1-2-3-4-5-6-9-15-10-7-8-12-17-13-11-16-14-17/h11,13-15H,2-10,12H2,1H3. The lowest BCUT2D eigenvalue weighted by Crippen LogP contribution is -2.17. The van der Waals surface area contributed by atoms with Crippen LogP contribution in [0.25, 0.3) is 0 Å². The first-order valence-corrected chi connectivity index (χ1v) is 7.10. The molecule has 1 heterocycles. The third kappa shape index (κ3) is 7.97. The molecule has 0 aliphatic carbocycles. The Hall–Kier alpha value is -0.830. The van der Waals surface area contributed by atoms with Crippen LogP contribution in [-0.2, 0) is 6.54 Å². The van der Waals surface area contributed by atoms with Gasteiger partial charge in [0.2, 0.25) is 0 Å². The maximum absolute atomic E-state index is 4.03. The summed E-state index contributed by atoms with van der Waals surface area (Å²) in [6.07, 6.45) is 15.1. The highest BCUT2D eigenvalue weighted by molar-refractivity contribution is 4.73. The number of rotatable bonds is 11. The summed E-state index contributed by atoms with van der Waals surface area (Å²) in [5, 5.41) is 3.52. The van der Waals surface area contributed by atoms with Gasteiger partial charge in [0, 0.05) is 18.9 Å². The van der Waals surface area contributed by atoms with Gasteiger partial charge < -0.3 is 9.88 Å². The second-order valence-corrected chi connectivity index (χ2v) is 4.67. The molecule has 0 bridgehead atoms. The second kappa shape index (κ2) is 10.3. The minimum absolute atomic E-state index is 1.10. The number of aromatic nitrogens is 2. The van der Waals surface area contributed by atoms with E-state index in [2.05, 4.69) is 21.8 Å². The van der Waals surface area contributed by atoms with Crippen LogP contribution in [-0.4, -0.2) is 22.6 Å². The van der Waals surface area contributed by atoms with Gasteiger partial charge in [-0.3, -0.25) is 0 Å². The molecule has 0 saturated carbocycles. The summed E-state index contributed by atoms with van der Waals surface area (Å²) in [4.78, 5) is 4.03. The molecule has 0 aliphatic rings. The van der Waals surface area contributed by atoms with Gasteiger partial charge in [0.1, 0.15) is 0 Å². The highest BCUT2D eigenvalue weighted by Crippen LogP contribution is 2.01. The minimum Gasteiger partial charge on any atom is -0.337 e. The fourth-order valence-corrected chi connectivity index (χ4v) is 1.94. The summed E-state index contributed by atoms with van der Waals surface area (Å²) in [5.74, 6) is 0. The molecule has 3 nitrogen and oxygen atoms in total. The SMILES string of the molecule is CCCCCCCNCCCCn1ccnc1. The zero-order chi connectivity index (χ0) is 12.2. The van der Waals surface area contributed by atoms with E-state index in [1.165, 1.54) is 51.5 Å². The van der Waals surface area contributed by atoms with Crippen molar-refractivity contribution in [1.29, 1.82) is 0 Å². The van der Waals surface area contributed by atoms with Crippen LogP contribution in [0.4, 0.5) is 0 Å². The Balaban J connectivity index is 1.76. The lowest BCUT2D eigenvalue weighted by atomic mass is 10.1. The first kappa shape index (κ1) is 14.2. The van der Waals surface area contributed by atoms with Crippen LogP contribution in [0.3, 0.4) is 0 Å². The molecule has 0 atom stereocenters. The third-order valence-corrected chi connectivity index (χ3v) is 3.04. The van der Waals surface area contributed by atoms with Crippen molar-refractivity contribution in [1.82, 2.24) is 14.9 Å². The van der Waals surface area contributed by atoms with Gasteiger partial charge in [0.05, 0.1) is 6.33 Å². The predicted molar refractivity (Wildman–Crippen MR) is 73.1 cm³/mol. The zero-order valence-corrected chi connectivity index (χ0v) is 11.2. The zero-order valence-electron chi connectivity index (χ0n) is 11.2. The molecule has 98 valence electrons. The van der Waals surface area contributed by atoms with Crippen LogP contribution in [0.15, 0.2) is 18.7 Å². The number of hydrogen-bond donors (Lipinski definition) is 1. The third-order valence-electron chi connectivity index (χ3n) is 3.04. The van der Waals surface area contributed by atoms with Crippen molar-refractivity contribution in [3.8, 4) is 0 Å². The molecule has 1 aromatic heterocycles. The highest BCUT2D eigenvalue weighted by Gasteiger charge is 1.92. The van der Waals surface area contributed by atoms with Crippen molar-refractivity contribution in [3.05, 3.63) is 18.7 Å². The van der Waals surface area contributed by atoms with Crippen molar-refractivity contribution in [2.24, 2.45) is 0 Å². The normalized spacial score (nSPS) is 10.9. The molecular weight excluding hydrogens is 210 g/mol. The molecule has 0 amide bonds. The van der Waals surface area contributed by atoms with Crippen LogP contribution in [0, 0.1) is 0 Å². The average Bonchev–Trinajstić information content (AvgIpc) is 2.85. The van der Waals surface area contributed by atoms with Gasteiger partial charge in [-0.15, -0.1) is 0 Å². The first-order valence-electron chi connectivity index (χ1n) is 7.10. The van der Waals surface area contributed by atoms with Crippen molar-refractivity contribution >= 4 is 0 Å². The summed E-state index contributed by atoms with van der Waals surface area (Å²) >= 11 is 0. The molecule has 0 aliphatic heterocycles. The van der Waals surface area contributed by atoms with Crippen LogP contribution >= 0.6 is 0 Å². The van der Waals surface area contributed by atoms with E-state index in [1.54, 1.807) is 0 Å². The fourth-order valence-electron chi connectivity index (χ4n) is 1.94.